The van der Waals surface area contributed by atoms with Crippen molar-refractivity contribution in [2.75, 3.05) is 6.61 Å². The lowest BCUT2D eigenvalue weighted by Gasteiger charge is -2.27. The van der Waals surface area contributed by atoms with E-state index in [1.165, 1.54) is 11.1 Å². The number of dihydropyridines is 1. The third-order valence-electron chi connectivity index (χ3n) is 3.01. The van der Waals surface area contributed by atoms with Crippen molar-refractivity contribution in [1.82, 2.24) is 5.32 Å². The fraction of sp³-hybridized carbons (Fsp3) is 0.692. The van der Waals surface area contributed by atoms with Crippen LogP contribution in [0, 0.1) is 5.92 Å². The summed E-state index contributed by atoms with van der Waals surface area (Å²) < 4.78 is 0. The number of nitrogens with one attached hydrogen (secondary N) is 1. The van der Waals surface area contributed by atoms with Crippen molar-refractivity contribution in [1.29, 1.82) is 0 Å². The number of aliphatic hydroxyl groups is 2. The predicted molar refractivity (Wildman–Crippen MR) is 65.9 cm³/mol. The van der Waals surface area contributed by atoms with Crippen LogP contribution < -0.4 is 5.32 Å². The minimum atomic E-state index is -0.424. The minimum absolute atomic E-state index is 0.0194. The van der Waals surface area contributed by atoms with E-state index < -0.39 is 6.10 Å². The van der Waals surface area contributed by atoms with Crippen molar-refractivity contribution in [3.8, 4) is 0 Å². The average Bonchev–Trinajstić information content (AvgIpc) is 2.25. The van der Waals surface area contributed by atoms with Gasteiger partial charge in [0.15, 0.2) is 0 Å². The topological polar surface area (TPSA) is 52.5 Å². The molecule has 0 saturated heterocycles. The molecule has 16 heavy (non-hydrogen) atoms. The van der Waals surface area contributed by atoms with E-state index in [2.05, 4.69) is 32.2 Å². The largest absolute Gasteiger partial charge is 0.396 e. The molecule has 0 bridgehead atoms. The SMILES string of the molecule is CC1=CC(C(O)CCCO)NC=C1C(C)C. The summed E-state index contributed by atoms with van der Waals surface area (Å²) in [5.41, 5.74) is 2.53. The zero-order chi connectivity index (χ0) is 12.1. The predicted octanol–water partition coefficient (Wildman–Crippen LogP) is 1.58. The van der Waals surface area contributed by atoms with Crippen LogP contribution in [0.3, 0.4) is 0 Å². The van der Waals surface area contributed by atoms with E-state index >= 15 is 0 Å². The standard InChI is InChI=1S/C13H23NO2/c1-9(2)11-8-14-12(7-10(11)3)13(16)5-4-6-15/h7-9,12-16H,4-6H2,1-3H3. The van der Waals surface area contributed by atoms with Crippen molar-refractivity contribution >= 4 is 0 Å². The van der Waals surface area contributed by atoms with E-state index in [-0.39, 0.29) is 12.6 Å². The second kappa shape index (κ2) is 6.06. The van der Waals surface area contributed by atoms with Crippen molar-refractivity contribution in [2.45, 2.75) is 45.8 Å². The van der Waals surface area contributed by atoms with Gasteiger partial charge in [-0.3, -0.25) is 0 Å². The van der Waals surface area contributed by atoms with Gasteiger partial charge in [-0.2, -0.15) is 0 Å². The maximum atomic E-state index is 9.90. The second-order valence-corrected chi connectivity index (χ2v) is 4.73. The molecule has 0 aromatic rings. The van der Waals surface area contributed by atoms with Crippen LogP contribution in [-0.4, -0.2) is 29.0 Å². The average molecular weight is 225 g/mol. The van der Waals surface area contributed by atoms with Gasteiger partial charge in [-0.25, -0.2) is 0 Å². The van der Waals surface area contributed by atoms with Crippen molar-refractivity contribution < 1.29 is 10.2 Å². The molecule has 0 aliphatic carbocycles. The summed E-state index contributed by atoms with van der Waals surface area (Å²) in [5, 5.41) is 21.8. The lowest BCUT2D eigenvalue weighted by molar-refractivity contribution is 0.128. The zero-order valence-corrected chi connectivity index (χ0v) is 10.4. The van der Waals surface area contributed by atoms with E-state index in [1.807, 2.05) is 6.20 Å². The van der Waals surface area contributed by atoms with Crippen LogP contribution in [0.1, 0.15) is 33.6 Å². The summed E-state index contributed by atoms with van der Waals surface area (Å²) in [6, 6.07) is -0.0194. The first-order valence-electron chi connectivity index (χ1n) is 6.00. The number of rotatable bonds is 5. The summed E-state index contributed by atoms with van der Waals surface area (Å²) >= 11 is 0. The molecule has 1 aliphatic rings. The Balaban J connectivity index is 2.57. The molecule has 0 aromatic carbocycles. The van der Waals surface area contributed by atoms with Crippen molar-refractivity contribution in [3.05, 3.63) is 23.4 Å². The maximum absolute atomic E-state index is 9.90. The molecular formula is C13H23NO2. The molecule has 3 N–H and O–H groups in total. The third kappa shape index (κ3) is 3.35. The molecule has 1 rings (SSSR count). The quantitative estimate of drug-likeness (QED) is 0.666. The maximum Gasteiger partial charge on any atom is 0.0778 e. The summed E-state index contributed by atoms with van der Waals surface area (Å²) in [7, 11) is 0. The number of allylic oxidation sites excluding steroid dienone is 2. The molecule has 3 heteroatoms. The third-order valence-corrected chi connectivity index (χ3v) is 3.01. The highest BCUT2D eigenvalue weighted by Gasteiger charge is 2.20. The van der Waals surface area contributed by atoms with Crippen molar-refractivity contribution in [2.24, 2.45) is 5.92 Å². The normalized spacial score (nSPS) is 22.5. The highest BCUT2D eigenvalue weighted by atomic mass is 16.3. The molecule has 0 radical (unpaired) electrons. The minimum Gasteiger partial charge on any atom is -0.396 e. The first kappa shape index (κ1) is 13.3. The Morgan fingerprint density at radius 1 is 1.44 bits per heavy atom. The molecule has 2 unspecified atom stereocenters. The molecule has 0 saturated carbocycles. The molecule has 1 heterocycles. The Hall–Kier alpha value is -0.800. The fourth-order valence-electron chi connectivity index (χ4n) is 2.04. The molecule has 0 aromatic heterocycles. The van der Waals surface area contributed by atoms with Crippen molar-refractivity contribution in [3.63, 3.8) is 0 Å². The Morgan fingerprint density at radius 3 is 2.62 bits per heavy atom. The first-order chi connectivity index (χ1) is 7.56. The van der Waals surface area contributed by atoms with Crippen LogP contribution in [0.15, 0.2) is 23.4 Å². The molecular weight excluding hydrogens is 202 g/mol. The van der Waals surface area contributed by atoms with Crippen LogP contribution in [0.5, 0.6) is 0 Å². The Bertz CT molecular complexity index is 282. The molecule has 92 valence electrons. The van der Waals surface area contributed by atoms with Gasteiger partial charge in [-0.05, 0) is 36.8 Å². The van der Waals surface area contributed by atoms with Gasteiger partial charge in [0.1, 0.15) is 0 Å². The monoisotopic (exact) mass is 225 g/mol. The van der Waals surface area contributed by atoms with Crippen LogP contribution in [0.2, 0.25) is 0 Å². The van der Waals surface area contributed by atoms with E-state index in [9.17, 15) is 5.11 Å². The van der Waals surface area contributed by atoms with Gasteiger partial charge < -0.3 is 15.5 Å². The van der Waals surface area contributed by atoms with Gasteiger partial charge in [0.2, 0.25) is 0 Å². The Morgan fingerprint density at radius 2 is 2.12 bits per heavy atom. The summed E-state index contributed by atoms with van der Waals surface area (Å²) in [6.45, 7) is 6.54. The lowest BCUT2D eigenvalue weighted by Crippen LogP contribution is -2.38. The van der Waals surface area contributed by atoms with E-state index in [0.717, 1.165) is 0 Å². The van der Waals surface area contributed by atoms with Gasteiger partial charge in [0, 0.05) is 12.8 Å². The molecule has 1 aliphatic heterocycles. The van der Waals surface area contributed by atoms with Crippen LogP contribution in [-0.2, 0) is 0 Å². The number of hydrogen-bond donors (Lipinski definition) is 3. The van der Waals surface area contributed by atoms with Gasteiger partial charge in [0.25, 0.3) is 0 Å². The molecule has 2 atom stereocenters. The molecule has 0 fully saturated rings. The highest BCUT2D eigenvalue weighted by Crippen LogP contribution is 2.23. The second-order valence-electron chi connectivity index (χ2n) is 4.73. The van der Waals surface area contributed by atoms with E-state index in [4.69, 9.17) is 5.11 Å². The summed E-state index contributed by atoms with van der Waals surface area (Å²) in [4.78, 5) is 0. The Labute approximate surface area is 97.9 Å². The summed E-state index contributed by atoms with van der Waals surface area (Å²) in [5.74, 6) is 0.499. The number of hydrogen-bond acceptors (Lipinski definition) is 3. The molecule has 3 nitrogen and oxygen atoms in total. The Kier molecular flexibility index (Phi) is 5.03. The van der Waals surface area contributed by atoms with Gasteiger partial charge in [-0.15, -0.1) is 0 Å². The van der Waals surface area contributed by atoms with E-state index in [1.54, 1.807) is 0 Å². The number of aliphatic hydroxyl groups excluding tert-OH is 2. The van der Waals surface area contributed by atoms with Crippen LogP contribution >= 0.6 is 0 Å². The summed E-state index contributed by atoms with van der Waals surface area (Å²) in [6.07, 6.45) is 4.94. The van der Waals surface area contributed by atoms with Crippen LogP contribution in [0.4, 0.5) is 0 Å². The van der Waals surface area contributed by atoms with Gasteiger partial charge in [0.05, 0.1) is 12.1 Å². The zero-order valence-electron chi connectivity index (χ0n) is 10.4. The van der Waals surface area contributed by atoms with E-state index in [0.29, 0.717) is 18.8 Å². The fourth-order valence-corrected chi connectivity index (χ4v) is 2.04. The smallest absolute Gasteiger partial charge is 0.0778 e. The van der Waals surface area contributed by atoms with Gasteiger partial charge >= 0.3 is 0 Å². The van der Waals surface area contributed by atoms with Gasteiger partial charge in [-0.1, -0.05) is 19.9 Å². The molecule has 0 amide bonds. The lowest BCUT2D eigenvalue weighted by atomic mass is 9.91. The van der Waals surface area contributed by atoms with Crippen LogP contribution in [0.25, 0.3) is 0 Å². The highest BCUT2D eigenvalue weighted by molar-refractivity contribution is 5.35. The first-order valence-corrected chi connectivity index (χ1v) is 6.00. The molecule has 0 spiro atoms.